The fourth-order valence-electron chi connectivity index (χ4n) is 5.55. The zero-order valence-electron chi connectivity index (χ0n) is 21.2. The minimum atomic E-state index is -5.17. The van der Waals surface area contributed by atoms with Gasteiger partial charge in [0, 0.05) is 17.3 Å². The molecule has 1 saturated heterocycles. The lowest BCUT2D eigenvalue weighted by molar-refractivity contribution is -0.176. The number of hydrogen-bond acceptors (Lipinski definition) is 6. The van der Waals surface area contributed by atoms with Gasteiger partial charge in [0.2, 0.25) is 11.8 Å². The number of carbonyl (C=O) groups excluding carboxylic acids is 3. The van der Waals surface area contributed by atoms with Gasteiger partial charge in [-0.1, -0.05) is 51.5 Å². The van der Waals surface area contributed by atoms with E-state index in [1.54, 1.807) is 45.0 Å². The second kappa shape index (κ2) is 10.2. The van der Waals surface area contributed by atoms with Gasteiger partial charge in [0.05, 0.1) is 12.3 Å². The molecule has 9 nitrogen and oxygen atoms in total. The molecular weight excluding hydrogens is 501 g/mol. The third-order valence-electron chi connectivity index (χ3n) is 7.38. The van der Waals surface area contributed by atoms with Crippen LogP contribution in [0.3, 0.4) is 0 Å². The summed E-state index contributed by atoms with van der Waals surface area (Å²) in [5.74, 6) is -3.79. The molecule has 2 fully saturated rings. The maximum Gasteiger partial charge on any atom is 0.471 e. The lowest BCUT2D eigenvalue weighted by atomic mass is 9.85. The summed E-state index contributed by atoms with van der Waals surface area (Å²) in [6, 6.07) is 5.49. The number of likely N-dealkylation sites (tertiary alicyclic amines) is 1. The summed E-state index contributed by atoms with van der Waals surface area (Å²) in [5.41, 5.74) is -0.812. The molecule has 202 valence electrons. The molecule has 1 aliphatic heterocycles. The van der Waals surface area contributed by atoms with Crippen molar-refractivity contribution in [1.82, 2.24) is 25.7 Å². The monoisotopic (exact) mass is 530 g/mol. The van der Waals surface area contributed by atoms with Crippen molar-refractivity contribution in [2.45, 2.75) is 64.3 Å². The molecule has 0 bridgehead atoms. The van der Waals surface area contributed by atoms with E-state index in [0.717, 1.165) is 18.2 Å². The predicted molar refractivity (Wildman–Crippen MR) is 130 cm³/mol. The van der Waals surface area contributed by atoms with Gasteiger partial charge in [-0.15, -0.1) is 0 Å². The Morgan fingerprint density at radius 2 is 1.84 bits per heavy atom. The third-order valence-corrected chi connectivity index (χ3v) is 7.38. The molecule has 2 N–H and O–H groups in total. The molecule has 1 aliphatic carbocycles. The van der Waals surface area contributed by atoms with Crippen LogP contribution in [-0.2, 0) is 14.4 Å². The Kier molecular flexibility index (Phi) is 7.32. The number of amides is 3. The maximum absolute atomic E-state index is 13.7. The van der Waals surface area contributed by atoms with Gasteiger partial charge in [0.25, 0.3) is 0 Å². The summed E-state index contributed by atoms with van der Waals surface area (Å²) in [4.78, 5) is 40.4. The number of benzene rings is 1. The zero-order chi connectivity index (χ0) is 27.8. The van der Waals surface area contributed by atoms with E-state index in [9.17, 15) is 32.8 Å². The molecule has 0 radical (unpaired) electrons. The second-order valence-corrected chi connectivity index (χ2v) is 10.9. The Morgan fingerprint density at radius 1 is 1.13 bits per heavy atom. The van der Waals surface area contributed by atoms with Crippen LogP contribution >= 0.6 is 0 Å². The highest BCUT2D eigenvalue weighted by molar-refractivity contribution is 5.94. The topological polar surface area (TPSA) is 128 Å². The summed E-state index contributed by atoms with van der Waals surface area (Å²) in [6.07, 6.45) is -1.35. The lowest BCUT2D eigenvalue weighted by Crippen LogP contribution is -2.60. The van der Waals surface area contributed by atoms with Crippen molar-refractivity contribution in [2.24, 2.45) is 17.3 Å². The molecule has 12 heteroatoms. The lowest BCUT2D eigenvalue weighted by Gasteiger charge is -2.36. The molecule has 1 unspecified atom stereocenters. The van der Waals surface area contributed by atoms with Crippen molar-refractivity contribution in [3.63, 3.8) is 0 Å². The third kappa shape index (κ3) is 5.28. The molecule has 2 aromatic rings. The molecule has 38 heavy (non-hydrogen) atoms. The first-order chi connectivity index (χ1) is 17.8. The SMILES string of the molecule is CC(C)(C)[C@H](NC(=O)C(F)(F)F)C(=O)N1C[C@@H]2CCC[C@@H]2[C@H]1C(=O)NC(C#N)c1nncc2ccccc12. The molecule has 0 spiro atoms. The quantitative estimate of drug-likeness (QED) is 0.612. The average Bonchev–Trinajstić information content (AvgIpc) is 3.45. The minimum absolute atomic E-state index is 0.00785. The van der Waals surface area contributed by atoms with Crippen LogP contribution in [0.4, 0.5) is 13.2 Å². The number of rotatable bonds is 5. The van der Waals surface area contributed by atoms with Crippen molar-refractivity contribution in [1.29, 1.82) is 5.26 Å². The maximum atomic E-state index is 13.7. The highest BCUT2D eigenvalue weighted by Crippen LogP contribution is 2.43. The number of halogens is 3. The molecule has 2 aliphatic rings. The number of carbonyl (C=O) groups is 3. The van der Waals surface area contributed by atoms with Gasteiger partial charge in [0.1, 0.15) is 17.8 Å². The van der Waals surface area contributed by atoms with Crippen LogP contribution in [0.2, 0.25) is 0 Å². The van der Waals surface area contributed by atoms with Gasteiger partial charge in [-0.25, -0.2) is 0 Å². The zero-order valence-corrected chi connectivity index (χ0v) is 21.2. The van der Waals surface area contributed by atoms with Gasteiger partial charge in [-0.3, -0.25) is 14.4 Å². The van der Waals surface area contributed by atoms with E-state index in [2.05, 4.69) is 15.5 Å². The normalized spacial score (nSPS) is 22.9. The number of aromatic nitrogens is 2. The Hall–Kier alpha value is -3.75. The Bertz CT molecular complexity index is 1280. The number of nitriles is 1. The van der Waals surface area contributed by atoms with Crippen LogP contribution in [0, 0.1) is 28.6 Å². The first-order valence-corrected chi connectivity index (χ1v) is 12.4. The average molecular weight is 531 g/mol. The van der Waals surface area contributed by atoms with E-state index >= 15 is 0 Å². The predicted octanol–water partition coefficient (Wildman–Crippen LogP) is 3.03. The molecule has 2 heterocycles. The number of alkyl halides is 3. The fourth-order valence-corrected chi connectivity index (χ4v) is 5.55. The van der Waals surface area contributed by atoms with Crippen molar-refractivity contribution in [2.75, 3.05) is 6.54 Å². The Labute approximate surface area is 217 Å². The van der Waals surface area contributed by atoms with Crippen LogP contribution in [-0.4, -0.2) is 57.6 Å². The van der Waals surface area contributed by atoms with E-state index < -0.39 is 47.4 Å². The van der Waals surface area contributed by atoms with Crippen LogP contribution < -0.4 is 10.6 Å². The van der Waals surface area contributed by atoms with Crippen LogP contribution in [0.15, 0.2) is 30.5 Å². The van der Waals surface area contributed by atoms with E-state index in [1.165, 1.54) is 11.1 Å². The molecule has 4 rings (SSSR count). The van der Waals surface area contributed by atoms with Gasteiger partial charge in [-0.2, -0.15) is 28.6 Å². The summed E-state index contributed by atoms with van der Waals surface area (Å²) in [6.45, 7) is 4.82. The van der Waals surface area contributed by atoms with Crippen LogP contribution in [0.1, 0.15) is 51.8 Å². The fraction of sp³-hybridized carbons (Fsp3) is 0.538. The molecule has 1 aromatic carbocycles. The van der Waals surface area contributed by atoms with Crippen LogP contribution in [0.25, 0.3) is 10.8 Å². The number of fused-ring (bicyclic) bond motifs is 2. The van der Waals surface area contributed by atoms with Crippen molar-refractivity contribution < 1.29 is 27.6 Å². The first kappa shape index (κ1) is 27.3. The standard InChI is InChI=1S/C26H29F3N6O3/c1-25(2,3)21(33-24(38)26(27,28)29)23(37)35-13-15-8-6-10-17(15)20(35)22(36)32-18(11-30)19-16-9-5-4-7-14(16)12-31-34-19/h4-5,7,9,12,15,17-18,20-21H,6,8,10,13H2,1-3H3,(H,32,36)(H,33,38)/t15-,17-,18?,20-,21+/m0/s1. The summed E-state index contributed by atoms with van der Waals surface area (Å²) < 4.78 is 39.1. The molecule has 1 aromatic heterocycles. The molecular formula is C26H29F3N6O3. The largest absolute Gasteiger partial charge is 0.471 e. The molecule has 5 atom stereocenters. The number of nitrogens with one attached hydrogen (secondary N) is 2. The highest BCUT2D eigenvalue weighted by Gasteiger charge is 2.53. The number of hydrogen-bond donors (Lipinski definition) is 2. The number of nitrogens with zero attached hydrogens (tertiary/aromatic N) is 4. The van der Waals surface area contributed by atoms with Gasteiger partial charge >= 0.3 is 12.1 Å². The Morgan fingerprint density at radius 3 is 2.50 bits per heavy atom. The second-order valence-electron chi connectivity index (χ2n) is 10.9. The van der Waals surface area contributed by atoms with E-state index in [0.29, 0.717) is 11.8 Å². The van der Waals surface area contributed by atoms with Gasteiger partial charge in [-0.05, 0) is 30.1 Å². The van der Waals surface area contributed by atoms with Crippen molar-refractivity contribution in [3.05, 3.63) is 36.2 Å². The van der Waals surface area contributed by atoms with E-state index in [4.69, 9.17) is 0 Å². The summed E-state index contributed by atoms with van der Waals surface area (Å²) >= 11 is 0. The summed E-state index contributed by atoms with van der Waals surface area (Å²) in [7, 11) is 0. The molecule has 3 amide bonds. The van der Waals surface area contributed by atoms with Crippen LogP contribution in [0.5, 0.6) is 0 Å². The van der Waals surface area contributed by atoms with E-state index in [-0.39, 0.29) is 24.1 Å². The highest BCUT2D eigenvalue weighted by atomic mass is 19.4. The minimum Gasteiger partial charge on any atom is -0.336 e. The van der Waals surface area contributed by atoms with E-state index in [1.807, 2.05) is 11.4 Å². The van der Waals surface area contributed by atoms with Gasteiger partial charge < -0.3 is 15.5 Å². The smallest absolute Gasteiger partial charge is 0.336 e. The summed E-state index contributed by atoms with van der Waals surface area (Å²) in [5, 5.41) is 23.8. The van der Waals surface area contributed by atoms with Crippen molar-refractivity contribution >= 4 is 28.5 Å². The van der Waals surface area contributed by atoms with Gasteiger partial charge in [0.15, 0.2) is 6.04 Å². The Balaban J connectivity index is 1.63. The first-order valence-electron chi connectivity index (χ1n) is 12.4. The van der Waals surface area contributed by atoms with Crippen molar-refractivity contribution in [3.8, 4) is 6.07 Å². The molecule has 1 saturated carbocycles.